The molecular weight excluding hydrogens is 346 g/mol. The van der Waals surface area contributed by atoms with Gasteiger partial charge in [0, 0.05) is 0 Å². The third-order valence-electron chi connectivity index (χ3n) is 3.73. The first-order valence-electron chi connectivity index (χ1n) is 7.43. The van der Waals surface area contributed by atoms with E-state index in [-0.39, 0.29) is 34.3 Å². The molecule has 0 aliphatic carbocycles. The number of nitrogens with one attached hydrogen (secondary N) is 1. The maximum Gasteiger partial charge on any atom is 0.267 e. The van der Waals surface area contributed by atoms with Crippen LogP contribution in [0.4, 0.5) is 0 Å². The van der Waals surface area contributed by atoms with E-state index in [1.165, 1.54) is 12.1 Å². The third kappa shape index (κ3) is 3.67. The van der Waals surface area contributed by atoms with E-state index in [2.05, 4.69) is 15.3 Å². The third-order valence-corrected chi connectivity index (χ3v) is 4.02. The van der Waals surface area contributed by atoms with E-state index in [9.17, 15) is 9.90 Å². The Labute approximate surface area is 149 Å². The SMILES string of the molecule is CCC(N=C(N)C1(N)NC(N)=C(Cl)N=C1C(N)=O)c1ccc(O)cc1. The Morgan fingerprint density at radius 3 is 2.52 bits per heavy atom. The van der Waals surface area contributed by atoms with Crippen molar-refractivity contribution in [2.45, 2.75) is 25.0 Å². The molecule has 1 amide bonds. The number of halogens is 1. The Kier molecular flexibility index (Phi) is 5.19. The molecular formula is C15H20ClN7O2. The molecule has 0 aromatic heterocycles. The quantitative estimate of drug-likeness (QED) is 0.237. The number of benzene rings is 1. The number of phenolic OH excluding ortho intramolecular Hbond substituents is 1. The molecule has 2 atom stereocenters. The van der Waals surface area contributed by atoms with Crippen LogP contribution >= 0.6 is 11.6 Å². The number of amides is 1. The average molecular weight is 366 g/mol. The van der Waals surface area contributed by atoms with Crippen LogP contribution in [-0.2, 0) is 4.79 Å². The number of aliphatic imine (C=N–C) groups is 2. The van der Waals surface area contributed by atoms with Gasteiger partial charge in [0.15, 0.2) is 16.5 Å². The highest BCUT2D eigenvalue weighted by molar-refractivity contribution is 6.48. The molecule has 1 aromatic carbocycles. The van der Waals surface area contributed by atoms with E-state index in [1.54, 1.807) is 12.1 Å². The molecule has 10 N–H and O–H groups in total. The van der Waals surface area contributed by atoms with Crippen LogP contribution in [0, 0.1) is 0 Å². The van der Waals surface area contributed by atoms with Crippen molar-refractivity contribution in [2.24, 2.45) is 32.9 Å². The number of amidine groups is 1. The summed E-state index contributed by atoms with van der Waals surface area (Å²) in [7, 11) is 0. The largest absolute Gasteiger partial charge is 0.508 e. The van der Waals surface area contributed by atoms with Crippen molar-refractivity contribution in [3.05, 3.63) is 40.8 Å². The van der Waals surface area contributed by atoms with Gasteiger partial charge in [-0.25, -0.2) is 4.99 Å². The molecule has 0 saturated carbocycles. The Hall–Kier alpha value is -2.78. The smallest absolute Gasteiger partial charge is 0.267 e. The predicted molar refractivity (Wildman–Crippen MR) is 96.5 cm³/mol. The standard InChI is InChI=1S/C15H20ClN7O2/c1-2-9(7-3-5-8(24)6-4-7)21-14(19)15(20)10(13(18)25)22-11(16)12(17)23-15/h3-6,9,23-24H,2,17,20H2,1H3,(H2,18,25)(H2,19,21). The van der Waals surface area contributed by atoms with Crippen LogP contribution in [0.25, 0.3) is 0 Å². The van der Waals surface area contributed by atoms with Crippen LogP contribution in [0.1, 0.15) is 24.9 Å². The zero-order valence-corrected chi connectivity index (χ0v) is 14.3. The molecule has 1 aliphatic heterocycles. The summed E-state index contributed by atoms with van der Waals surface area (Å²) in [6.07, 6.45) is 0.594. The van der Waals surface area contributed by atoms with Gasteiger partial charge in [0.1, 0.15) is 17.4 Å². The molecule has 0 radical (unpaired) electrons. The van der Waals surface area contributed by atoms with Crippen molar-refractivity contribution in [1.29, 1.82) is 0 Å². The van der Waals surface area contributed by atoms with Gasteiger partial charge in [-0.05, 0) is 24.1 Å². The molecule has 0 spiro atoms. The molecule has 134 valence electrons. The summed E-state index contributed by atoms with van der Waals surface area (Å²) in [4.78, 5) is 19.9. The van der Waals surface area contributed by atoms with Crippen molar-refractivity contribution < 1.29 is 9.90 Å². The first-order valence-corrected chi connectivity index (χ1v) is 7.80. The first kappa shape index (κ1) is 18.6. The maximum absolute atomic E-state index is 11.7. The summed E-state index contributed by atoms with van der Waals surface area (Å²) in [5, 5.41) is 11.9. The maximum atomic E-state index is 11.7. The van der Waals surface area contributed by atoms with Crippen LogP contribution in [-0.4, -0.2) is 28.2 Å². The van der Waals surface area contributed by atoms with E-state index < -0.39 is 11.6 Å². The van der Waals surface area contributed by atoms with Crippen LogP contribution in [0.5, 0.6) is 5.75 Å². The number of rotatable bonds is 5. The van der Waals surface area contributed by atoms with Crippen molar-refractivity contribution in [1.82, 2.24) is 5.32 Å². The fourth-order valence-electron chi connectivity index (χ4n) is 2.37. The van der Waals surface area contributed by atoms with Crippen molar-refractivity contribution in [2.75, 3.05) is 0 Å². The van der Waals surface area contributed by atoms with E-state index in [4.69, 9.17) is 34.5 Å². The summed E-state index contributed by atoms with van der Waals surface area (Å²) < 4.78 is 0. The van der Waals surface area contributed by atoms with E-state index in [0.717, 1.165) is 5.56 Å². The van der Waals surface area contributed by atoms with E-state index >= 15 is 0 Å². The van der Waals surface area contributed by atoms with Gasteiger partial charge in [-0.1, -0.05) is 30.7 Å². The molecule has 0 bridgehead atoms. The van der Waals surface area contributed by atoms with E-state index in [0.29, 0.717) is 6.42 Å². The van der Waals surface area contributed by atoms with Crippen molar-refractivity contribution in [3.63, 3.8) is 0 Å². The molecule has 10 heteroatoms. The number of nitrogens with zero attached hydrogens (tertiary/aromatic N) is 2. The van der Waals surface area contributed by atoms with Gasteiger partial charge in [-0.2, -0.15) is 0 Å². The second-order valence-corrected chi connectivity index (χ2v) is 5.85. The highest BCUT2D eigenvalue weighted by atomic mass is 35.5. The summed E-state index contributed by atoms with van der Waals surface area (Å²) in [6.45, 7) is 1.90. The fourth-order valence-corrected chi connectivity index (χ4v) is 2.50. The number of primary amides is 1. The van der Waals surface area contributed by atoms with Crippen LogP contribution in [0.2, 0.25) is 0 Å². The van der Waals surface area contributed by atoms with Crippen molar-refractivity contribution in [3.8, 4) is 5.75 Å². The van der Waals surface area contributed by atoms with Gasteiger partial charge in [0.25, 0.3) is 5.91 Å². The van der Waals surface area contributed by atoms with Crippen LogP contribution < -0.4 is 28.3 Å². The van der Waals surface area contributed by atoms with Gasteiger partial charge in [0.2, 0.25) is 0 Å². The predicted octanol–water partition coefficient (Wildman–Crippen LogP) is -0.291. The van der Waals surface area contributed by atoms with Gasteiger partial charge in [-0.3, -0.25) is 15.5 Å². The molecule has 9 nitrogen and oxygen atoms in total. The second-order valence-electron chi connectivity index (χ2n) is 5.49. The lowest BCUT2D eigenvalue weighted by Gasteiger charge is -2.34. The summed E-state index contributed by atoms with van der Waals surface area (Å²) in [6, 6.07) is 6.15. The minimum atomic E-state index is -1.78. The average Bonchev–Trinajstić information content (AvgIpc) is 2.56. The lowest BCUT2D eigenvalue weighted by atomic mass is 9.99. The van der Waals surface area contributed by atoms with Crippen LogP contribution in [0.15, 0.2) is 45.2 Å². The monoisotopic (exact) mass is 365 g/mol. The zero-order valence-electron chi connectivity index (χ0n) is 13.5. The number of nitrogens with two attached hydrogens (primary N) is 4. The number of hydrogen-bond donors (Lipinski definition) is 6. The summed E-state index contributed by atoms with van der Waals surface area (Å²) >= 11 is 5.82. The minimum absolute atomic E-state index is 0.0509. The topological polar surface area (TPSA) is 178 Å². The Bertz CT molecular complexity index is 773. The van der Waals surface area contributed by atoms with Gasteiger partial charge in [-0.15, -0.1) is 0 Å². The molecule has 25 heavy (non-hydrogen) atoms. The molecule has 0 saturated heterocycles. The highest BCUT2D eigenvalue weighted by Crippen LogP contribution is 2.25. The second kappa shape index (κ2) is 6.99. The highest BCUT2D eigenvalue weighted by Gasteiger charge is 2.43. The number of carbonyl (C=O) groups is 1. The zero-order chi connectivity index (χ0) is 18.8. The van der Waals surface area contributed by atoms with Crippen molar-refractivity contribution >= 4 is 29.1 Å². The lowest BCUT2D eigenvalue weighted by molar-refractivity contribution is -0.112. The number of hydrogen-bond acceptors (Lipinski definition) is 7. The molecule has 2 unspecified atom stereocenters. The number of aromatic hydroxyl groups is 1. The van der Waals surface area contributed by atoms with E-state index in [1.807, 2.05) is 6.92 Å². The molecule has 1 heterocycles. The molecule has 0 fully saturated rings. The van der Waals surface area contributed by atoms with Crippen LogP contribution in [0.3, 0.4) is 0 Å². The Morgan fingerprint density at radius 2 is 2.00 bits per heavy atom. The molecule has 2 rings (SSSR count). The fraction of sp³-hybridized carbons (Fsp3) is 0.267. The number of phenols is 1. The Balaban J connectivity index is 2.44. The van der Waals surface area contributed by atoms with Gasteiger partial charge < -0.3 is 27.6 Å². The summed E-state index contributed by atoms with van der Waals surface area (Å²) in [5.74, 6) is -0.950. The Morgan fingerprint density at radius 1 is 1.40 bits per heavy atom. The normalized spacial score (nSPS) is 22.2. The summed E-state index contributed by atoms with van der Waals surface area (Å²) in [5.41, 5.74) is 22.0. The molecule has 1 aromatic rings. The first-order chi connectivity index (χ1) is 11.7. The number of carbonyl (C=O) groups excluding carboxylic acids is 1. The van der Waals surface area contributed by atoms with Gasteiger partial charge in [0.05, 0.1) is 6.04 Å². The minimum Gasteiger partial charge on any atom is -0.508 e. The lowest BCUT2D eigenvalue weighted by Crippen LogP contribution is -2.71. The van der Waals surface area contributed by atoms with Gasteiger partial charge >= 0.3 is 0 Å². The molecule has 1 aliphatic rings.